The van der Waals surface area contributed by atoms with E-state index < -0.39 is 12.1 Å². The van der Waals surface area contributed by atoms with Gasteiger partial charge in [-0.1, -0.05) is 6.08 Å². The fraction of sp³-hybridized carbons (Fsp3) is 0.500. The number of rotatable bonds is 7. The molecule has 6 heteroatoms. The maximum absolute atomic E-state index is 10.9. The van der Waals surface area contributed by atoms with Crippen LogP contribution in [0.2, 0.25) is 0 Å². The van der Waals surface area contributed by atoms with E-state index in [9.17, 15) is 9.59 Å². The second-order valence-electron chi connectivity index (χ2n) is 2.58. The van der Waals surface area contributed by atoms with Crippen molar-refractivity contribution in [3.05, 3.63) is 12.7 Å². The molecule has 6 nitrogen and oxygen atoms in total. The molecule has 0 rings (SSSR count). The van der Waals surface area contributed by atoms with Gasteiger partial charge in [0.1, 0.15) is 0 Å². The normalized spacial score (nSPS) is 11.8. The van der Waals surface area contributed by atoms with Crippen molar-refractivity contribution >= 4 is 11.9 Å². The number of hydrogen-bond acceptors (Lipinski definition) is 4. The molecule has 0 aromatic rings. The van der Waals surface area contributed by atoms with Crippen LogP contribution in [0.3, 0.4) is 0 Å². The summed E-state index contributed by atoms with van der Waals surface area (Å²) in [4.78, 5) is 21.1. The van der Waals surface area contributed by atoms with Crippen LogP contribution in [0.5, 0.6) is 0 Å². The summed E-state index contributed by atoms with van der Waals surface area (Å²) >= 11 is 0. The number of carbonyl (C=O) groups is 2. The molecule has 0 aromatic carbocycles. The monoisotopic (exact) mass is 202 g/mol. The van der Waals surface area contributed by atoms with E-state index in [1.165, 1.54) is 0 Å². The first-order valence-corrected chi connectivity index (χ1v) is 4.07. The Morgan fingerprint density at radius 3 is 2.64 bits per heavy atom. The van der Waals surface area contributed by atoms with Crippen LogP contribution in [0.4, 0.5) is 0 Å². The van der Waals surface area contributed by atoms with E-state index in [0.717, 1.165) is 0 Å². The summed E-state index contributed by atoms with van der Waals surface area (Å²) < 4.78 is 0. The third kappa shape index (κ3) is 6.15. The van der Waals surface area contributed by atoms with Crippen molar-refractivity contribution in [2.24, 2.45) is 0 Å². The Kier molecular flexibility index (Phi) is 6.34. The molecule has 0 fully saturated rings. The first-order chi connectivity index (χ1) is 6.57. The van der Waals surface area contributed by atoms with E-state index in [1.54, 1.807) is 6.08 Å². The molecule has 0 spiro atoms. The van der Waals surface area contributed by atoms with Gasteiger partial charge in [0.15, 0.2) is 6.10 Å². The molecule has 14 heavy (non-hydrogen) atoms. The summed E-state index contributed by atoms with van der Waals surface area (Å²) in [5.74, 6) is -1.73. The van der Waals surface area contributed by atoms with Crippen molar-refractivity contribution in [2.45, 2.75) is 6.10 Å². The number of carbonyl (C=O) groups excluding carboxylic acids is 1. The molecule has 0 saturated heterocycles. The highest BCUT2D eigenvalue weighted by atomic mass is 16.4. The van der Waals surface area contributed by atoms with Gasteiger partial charge in [-0.2, -0.15) is 0 Å². The Balaban J connectivity index is 3.53. The standard InChI is InChI=1S/C8H14N2O4/c1-2-3-9-5-7(12)10-4-6(11)8(13)14/h2,6,9,11H,1,3-5H2,(H,10,12)(H,13,14). The minimum absolute atomic E-state index is 0.0678. The molecule has 0 heterocycles. The summed E-state index contributed by atoms with van der Waals surface area (Å²) in [7, 11) is 0. The van der Waals surface area contributed by atoms with Crippen LogP contribution < -0.4 is 10.6 Å². The SMILES string of the molecule is C=CCNCC(=O)NCC(O)C(=O)O. The molecule has 0 aliphatic heterocycles. The lowest BCUT2D eigenvalue weighted by atomic mass is 10.3. The average Bonchev–Trinajstić information content (AvgIpc) is 2.14. The van der Waals surface area contributed by atoms with Crippen molar-refractivity contribution in [3.8, 4) is 0 Å². The van der Waals surface area contributed by atoms with Gasteiger partial charge in [0, 0.05) is 6.54 Å². The number of hydrogen-bond donors (Lipinski definition) is 4. The van der Waals surface area contributed by atoms with Crippen LogP contribution in [-0.2, 0) is 9.59 Å². The summed E-state index contributed by atoms with van der Waals surface area (Å²) in [6.45, 7) is 3.72. The van der Waals surface area contributed by atoms with Crippen molar-refractivity contribution < 1.29 is 19.8 Å². The number of aliphatic hydroxyl groups is 1. The summed E-state index contributed by atoms with van der Waals surface area (Å²) in [6.07, 6.45) is 0.0395. The summed E-state index contributed by atoms with van der Waals surface area (Å²) in [5.41, 5.74) is 0. The van der Waals surface area contributed by atoms with Crippen molar-refractivity contribution in [1.82, 2.24) is 10.6 Å². The fourth-order valence-corrected chi connectivity index (χ4v) is 0.648. The molecule has 0 radical (unpaired) electrons. The minimum Gasteiger partial charge on any atom is -0.479 e. The highest BCUT2D eigenvalue weighted by Crippen LogP contribution is 1.79. The summed E-state index contributed by atoms with van der Waals surface area (Å²) in [5, 5.41) is 22.1. The van der Waals surface area contributed by atoms with Crippen molar-refractivity contribution in [2.75, 3.05) is 19.6 Å². The third-order valence-corrected chi connectivity index (χ3v) is 1.35. The molecule has 0 bridgehead atoms. The van der Waals surface area contributed by atoms with Gasteiger partial charge in [-0.3, -0.25) is 4.79 Å². The molecule has 4 N–H and O–H groups in total. The minimum atomic E-state index is -1.56. The van der Waals surface area contributed by atoms with Crippen LogP contribution in [0.15, 0.2) is 12.7 Å². The first-order valence-electron chi connectivity index (χ1n) is 4.07. The number of aliphatic hydroxyl groups excluding tert-OH is 1. The van der Waals surface area contributed by atoms with E-state index in [2.05, 4.69) is 17.2 Å². The lowest BCUT2D eigenvalue weighted by molar-refractivity contribution is -0.146. The number of aliphatic carboxylic acids is 1. The number of amides is 1. The highest BCUT2D eigenvalue weighted by molar-refractivity contribution is 5.79. The smallest absolute Gasteiger partial charge is 0.334 e. The van der Waals surface area contributed by atoms with Crippen LogP contribution in [0.25, 0.3) is 0 Å². The zero-order valence-corrected chi connectivity index (χ0v) is 7.69. The number of nitrogens with one attached hydrogen (secondary N) is 2. The average molecular weight is 202 g/mol. The Morgan fingerprint density at radius 1 is 1.50 bits per heavy atom. The molecule has 0 aliphatic rings. The quantitative estimate of drug-likeness (QED) is 0.292. The zero-order chi connectivity index (χ0) is 11.0. The second-order valence-corrected chi connectivity index (χ2v) is 2.58. The van der Waals surface area contributed by atoms with Crippen LogP contribution in [0, 0.1) is 0 Å². The molecule has 0 aliphatic carbocycles. The van der Waals surface area contributed by atoms with E-state index in [4.69, 9.17) is 10.2 Å². The van der Waals surface area contributed by atoms with E-state index in [0.29, 0.717) is 6.54 Å². The van der Waals surface area contributed by atoms with Crippen LogP contribution >= 0.6 is 0 Å². The largest absolute Gasteiger partial charge is 0.479 e. The predicted octanol–water partition coefficient (Wildman–Crippen LogP) is -1.68. The van der Waals surface area contributed by atoms with Gasteiger partial charge >= 0.3 is 5.97 Å². The van der Waals surface area contributed by atoms with Gasteiger partial charge in [0.05, 0.1) is 13.1 Å². The molecule has 1 atom stereocenters. The third-order valence-electron chi connectivity index (χ3n) is 1.35. The topological polar surface area (TPSA) is 98.7 Å². The molecule has 0 saturated carbocycles. The van der Waals surface area contributed by atoms with E-state index in [-0.39, 0.29) is 19.0 Å². The molecule has 80 valence electrons. The Labute approximate surface area is 81.6 Å². The number of carboxylic acid groups (broad SMARTS) is 1. The van der Waals surface area contributed by atoms with Gasteiger partial charge in [0.25, 0.3) is 0 Å². The van der Waals surface area contributed by atoms with Crippen molar-refractivity contribution in [1.29, 1.82) is 0 Å². The maximum Gasteiger partial charge on any atom is 0.334 e. The Bertz CT molecular complexity index is 217. The summed E-state index contributed by atoms with van der Waals surface area (Å²) in [6, 6.07) is 0. The molecule has 0 aromatic heterocycles. The second kappa shape index (κ2) is 7.05. The van der Waals surface area contributed by atoms with E-state index in [1.807, 2.05) is 0 Å². The lowest BCUT2D eigenvalue weighted by Gasteiger charge is -2.07. The van der Waals surface area contributed by atoms with Gasteiger partial charge in [-0.05, 0) is 0 Å². The number of carboxylic acids is 1. The molecular formula is C8H14N2O4. The van der Waals surface area contributed by atoms with E-state index >= 15 is 0 Å². The molecule has 1 unspecified atom stereocenters. The zero-order valence-electron chi connectivity index (χ0n) is 7.69. The predicted molar refractivity (Wildman–Crippen MR) is 49.7 cm³/mol. The van der Waals surface area contributed by atoms with Crippen LogP contribution in [-0.4, -0.2) is 47.8 Å². The maximum atomic E-state index is 10.9. The van der Waals surface area contributed by atoms with Crippen molar-refractivity contribution in [3.63, 3.8) is 0 Å². The molecular weight excluding hydrogens is 188 g/mol. The van der Waals surface area contributed by atoms with Gasteiger partial charge < -0.3 is 20.8 Å². The lowest BCUT2D eigenvalue weighted by Crippen LogP contribution is -2.40. The first kappa shape index (κ1) is 12.6. The van der Waals surface area contributed by atoms with Gasteiger partial charge in [-0.15, -0.1) is 6.58 Å². The highest BCUT2D eigenvalue weighted by Gasteiger charge is 2.13. The fourth-order valence-electron chi connectivity index (χ4n) is 0.648. The molecule has 1 amide bonds. The van der Waals surface area contributed by atoms with Gasteiger partial charge in [0.2, 0.25) is 5.91 Å². The Morgan fingerprint density at radius 2 is 2.14 bits per heavy atom. The van der Waals surface area contributed by atoms with Crippen LogP contribution in [0.1, 0.15) is 0 Å². The Hall–Kier alpha value is -1.40. The van der Waals surface area contributed by atoms with Gasteiger partial charge in [-0.25, -0.2) is 4.79 Å².